The Balaban J connectivity index is 1.63. The lowest BCUT2D eigenvalue weighted by molar-refractivity contribution is -0.274. The van der Waals surface area contributed by atoms with Crippen LogP contribution in [-0.4, -0.2) is 38.2 Å². The minimum Gasteiger partial charge on any atom is -0.449 e. The highest BCUT2D eigenvalue weighted by Crippen LogP contribution is 2.36. The lowest BCUT2D eigenvalue weighted by Crippen LogP contribution is -2.31. The van der Waals surface area contributed by atoms with E-state index in [0.717, 1.165) is 41.6 Å². The average molecular weight is 541 g/mol. The monoisotopic (exact) mass is 540 g/mol. The highest BCUT2D eigenvalue weighted by molar-refractivity contribution is 5.92. The number of benzene rings is 2. The second kappa shape index (κ2) is 10.5. The fourth-order valence-electron chi connectivity index (χ4n) is 4.83. The number of anilines is 1. The Morgan fingerprint density at radius 1 is 1.15 bits per heavy atom. The van der Waals surface area contributed by atoms with Crippen molar-refractivity contribution in [2.45, 2.75) is 52.1 Å². The number of nitrogens with one attached hydrogen (secondary N) is 1. The van der Waals surface area contributed by atoms with Crippen LogP contribution in [0, 0.1) is 12.8 Å². The quantitative estimate of drug-likeness (QED) is 0.232. The lowest BCUT2D eigenvalue weighted by Gasteiger charge is -2.32. The summed E-state index contributed by atoms with van der Waals surface area (Å²) in [5, 5.41) is 12.6. The van der Waals surface area contributed by atoms with Crippen molar-refractivity contribution >= 4 is 23.0 Å². The third-order valence-electron chi connectivity index (χ3n) is 6.94. The summed E-state index contributed by atoms with van der Waals surface area (Å²) in [5.41, 5.74) is 4.54. The summed E-state index contributed by atoms with van der Waals surface area (Å²) in [6.07, 6.45) is -2.97. The standard InChI is InChI=1S/C28H27F3N4O4/c1-16-5-3-8-20(13-16)23-14-22-24(35(23)15-18-9-11-21(12-10-18)39-28(29,30)31)25(32-17(2)19-6-4-7-19)34-26(33-22)38-27(36)37/h3,5,8-14,17,19H,4,6-7,15H2,1-2H3,(H,36,37)(H,32,33,34)/t17-/m1/s1. The second-order valence-electron chi connectivity index (χ2n) is 9.76. The van der Waals surface area contributed by atoms with Crippen molar-refractivity contribution in [2.75, 3.05) is 5.32 Å². The molecule has 0 saturated heterocycles. The van der Waals surface area contributed by atoms with E-state index in [4.69, 9.17) is 4.74 Å². The molecule has 1 aliphatic carbocycles. The molecule has 2 aromatic carbocycles. The van der Waals surface area contributed by atoms with E-state index >= 15 is 0 Å². The summed E-state index contributed by atoms with van der Waals surface area (Å²) >= 11 is 0. The van der Waals surface area contributed by atoms with Gasteiger partial charge in [-0.1, -0.05) is 42.3 Å². The maximum atomic E-state index is 12.6. The van der Waals surface area contributed by atoms with Crippen LogP contribution in [0.5, 0.6) is 11.8 Å². The van der Waals surface area contributed by atoms with E-state index in [1.54, 1.807) is 12.1 Å². The molecule has 39 heavy (non-hydrogen) atoms. The van der Waals surface area contributed by atoms with Gasteiger partial charge in [0.1, 0.15) is 11.3 Å². The van der Waals surface area contributed by atoms with E-state index in [1.165, 1.54) is 12.1 Å². The molecule has 5 rings (SSSR count). The summed E-state index contributed by atoms with van der Waals surface area (Å²) in [6.45, 7) is 4.32. The molecule has 1 aliphatic rings. The number of aromatic nitrogens is 3. The van der Waals surface area contributed by atoms with Crippen LogP contribution in [0.2, 0.25) is 0 Å². The number of fused-ring (bicyclic) bond motifs is 1. The first-order valence-corrected chi connectivity index (χ1v) is 12.6. The van der Waals surface area contributed by atoms with Gasteiger partial charge in [-0.05, 0) is 68.0 Å². The van der Waals surface area contributed by atoms with Gasteiger partial charge in [0.05, 0.1) is 11.2 Å². The minimum atomic E-state index is -4.78. The third-order valence-corrected chi connectivity index (χ3v) is 6.94. The number of ether oxygens (including phenoxy) is 2. The summed E-state index contributed by atoms with van der Waals surface area (Å²) < 4.78 is 48.8. The van der Waals surface area contributed by atoms with Crippen LogP contribution in [0.4, 0.5) is 23.8 Å². The fraction of sp³-hybridized carbons (Fsp3) is 0.321. The van der Waals surface area contributed by atoms with Crippen LogP contribution in [0.15, 0.2) is 54.6 Å². The molecule has 4 aromatic rings. The average Bonchev–Trinajstić information content (AvgIpc) is 3.16. The van der Waals surface area contributed by atoms with E-state index in [-0.39, 0.29) is 24.3 Å². The van der Waals surface area contributed by atoms with Crippen molar-refractivity contribution in [2.24, 2.45) is 5.92 Å². The van der Waals surface area contributed by atoms with Gasteiger partial charge in [-0.2, -0.15) is 9.97 Å². The van der Waals surface area contributed by atoms with Crippen molar-refractivity contribution in [3.05, 3.63) is 65.7 Å². The first kappa shape index (κ1) is 26.3. The Bertz CT molecular complexity index is 1500. The molecule has 1 saturated carbocycles. The van der Waals surface area contributed by atoms with Crippen LogP contribution >= 0.6 is 0 Å². The number of halogens is 3. The zero-order valence-corrected chi connectivity index (χ0v) is 21.3. The van der Waals surface area contributed by atoms with E-state index in [1.807, 2.05) is 41.8 Å². The predicted molar refractivity (Wildman–Crippen MR) is 139 cm³/mol. The number of aryl methyl sites for hydroxylation is 1. The van der Waals surface area contributed by atoms with Crippen LogP contribution in [0.3, 0.4) is 0 Å². The smallest absolute Gasteiger partial charge is 0.449 e. The second-order valence-corrected chi connectivity index (χ2v) is 9.76. The van der Waals surface area contributed by atoms with Gasteiger partial charge in [-0.15, -0.1) is 13.2 Å². The van der Waals surface area contributed by atoms with Gasteiger partial charge in [0.25, 0.3) is 0 Å². The Kier molecular flexibility index (Phi) is 7.07. The molecule has 0 aliphatic heterocycles. The first-order valence-electron chi connectivity index (χ1n) is 12.6. The molecule has 0 radical (unpaired) electrons. The Hall–Kier alpha value is -4.28. The highest BCUT2D eigenvalue weighted by atomic mass is 19.4. The highest BCUT2D eigenvalue weighted by Gasteiger charge is 2.31. The maximum Gasteiger partial charge on any atom is 0.573 e. The zero-order chi connectivity index (χ0) is 27.7. The molecule has 0 amide bonds. The van der Waals surface area contributed by atoms with Crippen LogP contribution < -0.4 is 14.8 Å². The van der Waals surface area contributed by atoms with Gasteiger partial charge in [-0.3, -0.25) is 0 Å². The van der Waals surface area contributed by atoms with Gasteiger partial charge < -0.3 is 24.5 Å². The number of nitrogens with zero attached hydrogens (tertiary/aromatic N) is 3. The van der Waals surface area contributed by atoms with Gasteiger partial charge in [0, 0.05) is 12.6 Å². The largest absolute Gasteiger partial charge is 0.573 e. The zero-order valence-electron chi connectivity index (χ0n) is 21.3. The van der Waals surface area contributed by atoms with Crippen LogP contribution in [0.25, 0.3) is 22.3 Å². The summed E-state index contributed by atoms with van der Waals surface area (Å²) in [5.74, 6) is 0.573. The van der Waals surface area contributed by atoms with Crippen molar-refractivity contribution < 1.29 is 32.5 Å². The molecule has 2 heterocycles. The van der Waals surface area contributed by atoms with E-state index in [0.29, 0.717) is 22.8 Å². The predicted octanol–water partition coefficient (Wildman–Crippen LogP) is 7.01. The first-order chi connectivity index (χ1) is 18.6. The van der Waals surface area contributed by atoms with Crippen molar-refractivity contribution in [3.63, 3.8) is 0 Å². The molecule has 0 spiro atoms. The van der Waals surface area contributed by atoms with Gasteiger partial charge in [0.15, 0.2) is 5.82 Å². The van der Waals surface area contributed by atoms with E-state index in [9.17, 15) is 23.1 Å². The molecule has 8 nitrogen and oxygen atoms in total. The van der Waals surface area contributed by atoms with Crippen LogP contribution in [0.1, 0.15) is 37.3 Å². The molecule has 11 heteroatoms. The van der Waals surface area contributed by atoms with E-state index < -0.39 is 12.5 Å². The lowest BCUT2D eigenvalue weighted by atomic mass is 9.80. The maximum absolute atomic E-state index is 12.6. The molecule has 2 aromatic heterocycles. The van der Waals surface area contributed by atoms with Gasteiger partial charge in [0.2, 0.25) is 0 Å². The summed E-state index contributed by atoms with van der Waals surface area (Å²) in [6, 6.07) is 15.2. The fourth-order valence-corrected chi connectivity index (χ4v) is 4.83. The van der Waals surface area contributed by atoms with Crippen LogP contribution in [-0.2, 0) is 6.54 Å². The van der Waals surface area contributed by atoms with Gasteiger partial charge >= 0.3 is 18.5 Å². The SMILES string of the molecule is Cc1cccc(-c2cc3nc(OC(=O)O)nc(N[C@H](C)C4CCC4)c3n2Cc2ccc(OC(F)(F)F)cc2)c1. The number of alkyl halides is 3. The molecule has 0 bridgehead atoms. The third kappa shape index (κ3) is 6.08. The Morgan fingerprint density at radius 2 is 1.90 bits per heavy atom. The topological polar surface area (TPSA) is 98.5 Å². The Labute approximate surface area is 222 Å². The molecule has 1 atom stereocenters. The number of hydrogen-bond acceptors (Lipinski definition) is 6. The minimum absolute atomic E-state index is 0.0686. The van der Waals surface area contributed by atoms with Crippen molar-refractivity contribution in [3.8, 4) is 23.0 Å². The van der Waals surface area contributed by atoms with Crippen molar-refractivity contribution in [1.29, 1.82) is 0 Å². The molecular weight excluding hydrogens is 513 g/mol. The Morgan fingerprint density at radius 3 is 2.51 bits per heavy atom. The van der Waals surface area contributed by atoms with Gasteiger partial charge in [-0.25, -0.2) is 4.79 Å². The summed E-state index contributed by atoms with van der Waals surface area (Å²) in [4.78, 5) is 20.1. The molecular formula is C28H27F3N4O4. The number of hydrogen-bond donors (Lipinski definition) is 2. The number of carboxylic acid groups (broad SMARTS) is 1. The summed E-state index contributed by atoms with van der Waals surface area (Å²) in [7, 11) is 0. The number of rotatable bonds is 8. The molecule has 2 N–H and O–H groups in total. The molecule has 204 valence electrons. The van der Waals surface area contributed by atoms with E-state index in [2.05, 4.69) is 26.9 Å². The molecule has 1 fully saturated rings. The van der Waals surface area contributed by atoms with Crippen molar-refractivity contribution in [1.82, 2.24) is 14.5 Å². The molecule has 0 unspecified atom stereocenters. The normalized spacial score (nSPS) is 14.6. The number of carbonyl (C=O) groups is 1.